The van der Waals surface area contributed by atoms with Crippen molar-refractivity contribution in [1.29, 1.82) is 0 Å². The summed E-state index contributed by atoms with van der Waals surface area (Å²) in [6, 6.07) is 9.62. The van der Waals surface area contributed by atoms with Gasteiger partial charge in [-0.25, -0.2) is 4.99 Å². The van der Waals surface area contributed by atoms with Gasteiger partial charge in [-0.05, 0) is 23.7 Å². The average Bonchev–Trinajstić information content (AvgIpc) is 2.06. The molecule has 0 aliphatic carbocycles. The fourth-order valence-electron chi connectivity index (χ4n) is 0.709. The summed E-state index contributed by atoms with van der Waals surface area (Å²) >= 11 is 5.83. The predicted octanol–water partition coefficient (Wildman–Crippen LogP) is 2.47. The summed E-state index contributed by atoms with van der Waals surface area (Å²) in [5.41, 5.74) is 0.871. The Hall–Kier alpha value is -1.02. The topological polar surface area (TPSA) is 15.6 Å². The third kappa shape index (κ3) is 2.55. The molecule has 0 saturated carbocycles. The fraction of sp³-hybridized carbons (Fsp3) is 0.222. The SMILES string of the molecule is CN(C)/C(Cl)=N/c1ccccc1. The summed E-state index contributed by atoms with van der Waals surface area (Å²) in [5.74, 6) is 0. The van der Waals surface area contributed by atoms with Gasteiger partial charge in [0.2, 0.25) is 0 Å². The summed E-state index contributed by atoms with van der Waals surface area (Å²) in [5, 5.41) is 0.487. The first-order chi connectivity index (χ1) is 5.70. The van der Waals surface area contributed by atoms with Gasteiger partial charge in [0.1, 0.15) is 0 Å². The van der Waals surface area contributed by atoms with E-state index in [1.165, 1.54) is 0 Å². The number of aliphatic imine (C=N–C) groups is 1. The molecule has 0 aromatic heterocycles. The molecule has 0 aliphatic heterocycles. The molecular formula is C9H11ClN2. The third-order valence-electron chi connectivity index (χ3n) is 1.35. The fourth-order valence-corrected chi connectivity index (χ4v) is 0.807. The van der Waals surface area contributed by atoms with E-state index in [4.69, 9.17) is 11.6 Å². The molecule has 0 spiro atoms. The quantitative estimate of drug-likeness (QED) is 0.370. The minimum Gasteiger partial charge on any atom is -0.353 e. The second-order valence-corrected chi connectivity index (χ2v) is 2.95. The molecule has 0 radical (unpaired) electrons. The van der Waals surface area contributed by atoms with E-state index in [2.05, 4.69) is 4.99 Å². The van der Waals surface area contributed by atoms with Gasteiger partial charge in [-0.2, -0.15) is 0 Å². The van der Waals surface area contributed by atoms with Gasteiger partial charge in [-0.3, -0.25) is 0 Å². The maximum atomic E-state index is 5.83. The second-order valence-electron chi connectivity index (χ2n) is 2.61. The Morgan fingerprint density at radius 2 is 1.83 bits per heavy atom. The lowest BCUT2D eigenvalue weighted by Crippen LogP contribution is -2.15. The van der Waals surface area contributed by atoms with Gasteiger partial charge in [0.25, 0.3) is 0 Å². The summed E-state index contributed by atoms with van der Waals surface area (Å²) in [4.78, 5) is 5.93. The molecule has 3 heteroatoms. The monoisotopic (exact) mass is 182 g/mol. The zero-order valence-corrected chi connectivity index (χ0v) is 7.92. The first-order valence-corrected chi connectivity index (χ1v) is 4.04. The highest BCUT2D eigenvalue weighted by Crippen LogP contribution is 2.11. The molecule has 0 unspecified atom stereocenters. The Morgan fingerprint density at radius 3 is 2.33 bits per heavy atom. The van der Waals surface area contributed by atoms with Crippen molar-refractivity contribution in [3.05, 3.63) is 30.3 Å². The highest BCUT2D eigenvalue weighted by Gasteiger charge is 1.95. The molecule has 64 valence electrons. The van der Waals surface area contributed by atoms with Crippen LogP contribution >= 0.6 is 11.6 Å². The van der Waals surface area contributed by atoms with Crippen molar-refractivity contribution < 1.29 is 0 Å². The molecule has 0 atom stereocenters. The van der Waals surface area contributed by atoms with E-state index in [1.807, 2.05) is 44.4 Å². The number of nitrogens with zero attached hydrogens (tertiary/aromatic N) is 2. The lowest BCUT2D eigenvalue weighted by Gasteiger charge is -2.07. The van der Waals surface area contributed by atoms with Gasteiger partial charge in [-0.15, -0.1) is 0 Å². The van der Waals surface area contributed by atoms with E-state index in [0.717, 1.165) is 5.69 Å². The molecule has 1 aromatic rings. The van der Waals surface area contributed by atoms with E-state index in [1.54, 1.807) is 4.90 Å². The standard InChI is InChI=1S/C9H11ClN2/c1-12(2)9(10)11-8-6-4-3-5-7-8/h3-7H,1-2H3/b11-9+. The van der Waals surface area contributed by atoms with Crippen LogP contribution < -0.4 is 0 Å². The number of amidine groups is 1. The van der Waals surface area contributed by atoms with Crippen LogP contribution in [0.5, 0.6) is 0 Å². The zero-order chi connectivity index (χ0) is 8.97. The van der Waals surface area contributed by atoms with Crippen LogP contribution in [0, 0.1) is 0 Å². The molecule has 0 aliphatic rings. The summed E-state index contributed by atoms with van der Waals surface area (Å²) in [6.07, 6.45) is 0. The largest absolute Gasteiger partial charge is 0.353 e. The summed E-state index contributed by atoms with van der Waals surface area (Å²) < 4.78 is 0. The smallest absolute Gasteiger partial charge is 0.198 e. The van der Waals surface area contributed by atoms with Crippen molar-refractivity contribution in [1.82, 2.24) is 4.90 Å². The Balaban J connectivity index is 2.81. The molecule has 0 fully saturated rings. The van der Waals surface area contributed by atoms with Gasteiger partial charge in [0.05, 0.1) is 5.69 Å². The van der Waals surface area contributed by atoms with Crippen LogP contribution in [0.1, 0.15) is 0 Å². The van der Waals surface area contributed by atoms with Crippen LogP contribution in [0.25, 0.3) is 0 Å². The van der Waals surface area contributed by atoms with Crippen LogP contribution in [-0.2, 0) is 0 Å². The lowest BCUT2D eigenvalue weighted by molar-refractivity contribution is 0.635. The molecule has 0 N–H and O–H groups in total. The van der Waals surface area contributed by atoms with Gasteiger partial charge >= 0.3 is 0 Å². The van der Waals surface area contributed by atoms with Gasteiger partial charge in [0, 0.05) is 14.1 Å². The number of benzene rings is 1. The van der Waals surface area contributed by atoms with Crippen LogP contribution in [0.4, 0.5) is 5.69 Å². The second kappa shape index (κ2) is 4.12. The number of para-hydroxylation sites is 1. The first-order valence-electron chi connectivity index (χ1n) is 3.66. The number of rotatable bonds is 1. The lowest BCUT2D eigenvalue weighted by atomic mass is 10.3. The van der Waals surface area contributed by atoms with E-state index < -0.39 is 0 Å². The number of hydrogen-bond acceptors (Lipinski definition) is 1. The molecule has 2 nitrogen and oxygen atoms in total. The van der Waals surface area contributed by atoms with Crippen molar-refractivity contribution in [3.8, 4) is 0 Å². The van der Waals surface area contributed by atoms with Crippen molar-refractivity contribution in [2.45, 2.75) is 0 Å². The number of halogens is 1. The van der Waals surface area contributed by atoms with E-state index in [-0.39, 0.29) is 0 Å². The zero-order valence-electron chi connectivity index (χ0n) is 7.16. The highest BCUT2D eigenvalue weighted by atomic mass is 35.5. The van der Waals surface area contributed by atoms with Crippen LogP contribution in [0.3, 0.4) is 0 Å². The molecule has 0 bridgehead atoms. The van der Waals surface area contributed by atoms with E-state index in [0.29, 0.717) is 5.29 Å². The third-order valence-corrected chi connectivity index (χ3v) is 1.77. The molecule has 0 saturated heterocycles. The maximum absolute atomic E-state index is 5.83. The van der Waals surface area contributed by atoms with Gasteiger partial charge < -0.3 is 4.90 Å². The maximum Gasteiger partial charge on any atom is 0.198 e. The molecule has 0 heterocycles. The van der Waals surface area contributed by atoms with Crippen molar-refractivity contribution in [2.75, 3.05) is 14.1 Å². The molecule has 0 amide bonds. The summed E-state index contributed by atoms with van der Waals surface area (Å²) in [6.45, 7) is 0. The first kappa shape index (κ1) is 9.07. The normalized spacial score (nSPS) is 11.4. The molecule has 1 rings (SSSR count). The van der Waals surface area contributed by atoms with Crippen molar-refractivity contribution in [2.24, 2.45) is 4.99 Å². The highest BCUT2D eigenvalue weighted by molar-refractivity contribution is 6.64. The van der Waals surface area contributed by atoms with Crippen LogP contribution in [0.15, 0.2) is 35.3 Å². The Labute approximate surface area is 77.5 Å². The van der Waals surface area contributed by atoms with Gasteiger partial charge in [-0.1, -0.05) is 18.2 Å². The van der Waals surface area contributed by atoms with E-state index >= 15 is 0 Å². The molecule has 1 aromatic carbocycles. The van der Waals surface area contributed by atoms with E-state index in [9.17, 15) is 0 Å². The predicted molar refractivity (Wildman–Crippen MR) is 53.1 cm³/mol. The Kier molecular flexibility index (Phi) is 3.11. The van der Waals surface area contributed by atoms with Crippen molar-refractivity contribution in [3.63, 3.8) is 0 Å². The Morgan fingerprint density at radius 1 is 1.25 bits per heavy atom. The number of hydrogen-bond donors (Lipinski definition) is 0. The molecular weight excluding hydrogens is 172 g/mol. The average molecular weight is 183 g/mol. The van der Waals surface area contributed by atoms with Crippen LogP contribution in [0.2, 0.25) is 0 Å². The Bertz CT molecular complexity index is 267. The minimum absolute atomic E-state index is 0.487. The van der Waals surface area contributed by atoms with Crippen molar-refractivity contribution >= 4 is 22.6 Å². The summed E-state index contributed by atoms with van der Waals surface area (Å²) in [7, 11) is 3.71. The van der Waals surface area contributed by atoms with Gasteiger partial charge in [0.15, 0.2) is 5.29 Å². The minimum atomic E-state index is 0.487. The van der Waals surface area contributed by atoms with Crippen LogP contribution in [-0.4, -0.2) is 24.3 Å². The molecule has 12 heavy (non-hydrogen) atoms.